The fourth-order valence-electron chi connectivity index (χ4n) is 2.06. The van der Waals surface area contributed by atoms with Crippen molar-refractivity contribution in [3.8, 4) is 0 Å². The zero-order valence-corrected chi connectivity index (χ0v) is 12.5. The van der Waals surface area contributed by atoms with Crippen LogP contribution in [0, 0.1) is 0 Å². The molecule has 0 bridgehead atoms. The number of anilines is 1. The number of rotatable bonds is 2. The average Bonchev–Trinajstić information content (AvgIpc) is 2.76. The van der Waals surface area contributed by atoms with Gasteiger partial charge < -0.3 is 5.32 Å². The van der Waals surface area contributed by atoms with Crippen molar-refractivity contribution in [2.24, 2.45) is 4.99 Å². The van der Waals surface area contributed by atoms with Crippen molar-refractivity contribution in [2.75, 3.05) is 11.9 Å². The lowest BCUT2D eigenvalue weighted by Crippen LogP contribution is -2.16. The highest BCUT2D eigenvalue weighted by Gasteiger charge is 2.21. The highest BCUT2D eigenvalue weighted by molar-refractivity contribution is 8.15. The van der Waals surface area contributed by atoms with E-state index in [0.29, 0.717) is 5.25 Å². The summed E-state index contributed by atoms with van der Waals surface area (Å²) in [5, 5.41) is 5.21. The molecule has 0 saturated carbocycles. The monoisotopic (exact) mass is 262 g/mol. The molecule has 98 valence electrons. The first-order valence-corrected chi connectivity index (χ1v) is 7.46. The Kier molecular flexibility index (Phi) is 4.00. The van der Waals surface area contributed by atoms with Gasteiger partial charge in [-0.3, -0.25) is 4.99 Å². The molecule has 18 heavy (non-hydrogen) atoms. The van der Waals surface area contributed by atoms with E-state index >= 15 is 0 Å². The number of para-hydroxylation sites is 1. The fourth-order valence-corrected chi connectivity index (χ4v) is 3.01. The number of hydrogen-bond donors (Lipinski definition) is 1. The van der Waals surface area contributed by atoms with Crippen LogP contribution in [0.1, 0.15) is 39.7 Å². The third-order valence-corrected chi connectivity index (χ3v) is 4.42. The molecule has 2 nitrogen and oxygen atoms in total. The van der Waals surface area contributed by atoms with E-state index in [2.05, 4.69) is 62.3 Å². The number of nitrogens with zero attached hydrogens (tertiary/aromatic N) is 1. The zero-order chi connectivity index (χ0) is 13.2. The second kappa shape index (κ2) is 5.35. The number of amidine groups is 1. The average molecular weight is 262 g/mol. The molecule has 1 aliphatic heterocycles. The summed E-state index contributed by atoms with van der Waals surface area (Å²) in [6.45, 7) is 9.89. The van der Waals surface area contributed by atoms with E-state index in [9.17, 15) is 0 Å². The molecule has 1 N–H and O–H groups in total. The molecular formula is C15H22N2S. The minimum absolute atomic E-state index is 0.150. The Morgan fingerprint density at radius 2 is 2.06 bits per heavy atom. The van der Waals surface area contributed by atoms with Gasteiger partial charge in [-0.25, -0.2) is 0 Å². The van der Waals surface area contributed by atoms with Gasteiger partial charge in [-0.15, -0.1) is 0 Å². The molecule has 0 saturated heterocycles. The summed E-state index contributed by atoms with van der Waals surface area (Å²) >= 11 is 1.86. The molecule has 3 heteroatoms. The predicted molar refractivity (Wildman–Crippen MR) is 82.7 cm³/mol. The molecule has 1 unspecified atom stereocenters. The van der Waals surface area contributed by atoms with Crippen LogP contribution < -0.4 is 5.32 Å². The quantitative estimate of drug-likeness (QED) is 0.860. The Hall–Kier alpha value is -0.960. The largest absolute Gasteiger partial charge is 0.335 e. The first-order chi connectivity index (χ1) is 8.50. The number of benzene rings is 1. The van der Waals surface area contributed by atoms with Crippen molar-refractivity contribution in [1.82, 2.24) is 0 Å². The normalized spacial score (nSPS) is 19.8. The fraction of sp³-hybridized carbons (Fsp3) is 0.533. The van der Waals surface area contributed by atoms with Crippen LogP contribution in [0.5, 0.6) is 0 Å². The van der Waals surface area contributed by atoms with Gasteiger partial charge in [-0.2, -0.15) is 0 Å². The molecule has 1 atom stereocenters. The summed E-state index contributed by atoms with van der Waals surface area (Å²) in [6.07, 6.45) is 1.18. The van der Waals surface area contributed by atoms with Gasteiger partial charge in [-0.1, -0.05) is 57.7 Å². The molecule has 0 aliphatic carbocycles. The van der Waals surface area contributed by atoms with Gasteiger partial charge >= 0.3 is 0 Å². The molecule has 0 spiro atoms. The molecule has 1 aromatic carbocycles. The lowest BCUT2D eigenvalue weighted by atomic mass is 9.86. The standard InChI is InChI=1S/C15H22N2S/c1-5-11-10-16-14(18-11)17-13-9-7-6-8-12(13)15(2,3)4/h6-9,11H,5,10H2,1-4H3,(H,16,17). The lowest BCUT2D eigenvalue weighted by molar-refractivity contribution is 0.592. The van der Waals surface area contributed by atoms with Crippen LogP contribution >= 0.6 is 11.8 Å². The predicted octanol–water partition coefficient (Wildman–Crippen LogP) is 4.28. The lowest BCUT2D eigenvalue weighted by Gasteiger charge is -2.23. The summed E-state index contributed by atoms with van der Waals surface area (Å²) < 4.78 is 0. The molecule has 0 radical (unpaired) electrons. The van der Waals surface area contributed by atoms with E-state index in [1.165, 1.54) is 17.7 Å². The maximum atomic E-state index is 4.57. The van der Waals surface area contributed by atoms with Crippen molar-refractivity contribution in [3.05, 3.63) is 29.8 Å². The Morgan fingerprint density at radius 3 is 2.67 bits per heavy atom. The van der Waals surface area contributed by atoms with Gasteiger partial charge in [0.15, 0.2) is 5.17 Å². The van der Waals surface area contributed by atoms with Crippen molar-refractivity contribution >= 4 is 22.6 Å². The molecule has 0 fully saturated rings. The third-order valence-electron chi connectivity index (χ3n) is 3.15. The highest BCUT2D eigenvalue weighted by Crippen LogP contribution is 2.31. The SMILES string of the molecule is CCC1CN=C(Nc2ccccc2C(C)(C)C)S1. The molecule has 1 heterocycles. The number of aliphatic imine (C=N–C) groups is 1. The summed E-state index contributed by atoms with van der Waals surface area (Å²) in [5.74, 6) is 0. The first kappa shape index (κ1) is 13.5. The number of thioether (sulfide) groups is 1. The van der Waals surface area contributed by atoms with E-state index < -0.39 is 0 Å². The van der Waals surface area contributed by atoms with E-state index in [1.54, 1.807) is 0 Å². The smallest absolute Gasteiger partial charge is 0.161 e. The molecule has 1 aliphatic rings. The summed E-state index contributed by atoms with van der Waals surface area (Å²) in [6, 6.07) is 8.52. The molecule has 0 amide bonds. The van der Waals surface area contributed by atoms with Crippen LogP contribution in [0.2, 0.25) is 0 Å². The maximum absolute atomic E-state index is 4.57. The Bertz CT molecular complexity index is 446. The van der Waals surface area contributed by atoms with Crippen LogP contribution in [0.4, 0.5) is 5.69 Å². The number of nitrogens with one attached hydrogen (secondary N) is 1. The maximum Gasteiger partial charge on any atom is 0.161 e. The van der Waals surface area contributed by atoms with Gasteiger partial charge in [0.1, 0.15) is 0 Å². The van der Waals surface area contributed by atoms with Gasteiger partial charge in [0.05, 0.1) is 6.54 Å². The summed E-state index contributed by atoms with van der Waals surface area (Å²) in [5.41, 5.74) is 2.68. The molecule has 2 rings (SSSR count). The minimum atomic E-state index is 0.150. The summed E-state index contributed by atoms with van der Waals surface area (Å²) in [7, 11) is 0. The Balaban J connectivity index is 2.16. The topological polar surface area (TPSA) is 24.4 Å². The molecule has 0 aromatic heterocycles. The zero-order valence-electron chi connectivity index (χ0n) is 11.7. The molecular weight excluding hydrogens is 240 g/mol. The second-order valence-electron chi connectivity index (χ2n) is 5.71. The summed E-state index contributed by atoms with van der Waals surface area (Å²) in [4.78, 5) is 4.57. The van der Waals surface area contributed by atoms with Gasteiger partial charge in [-0.05, 0) is 23.5 Å². The van der Waals surface area contributed by atoms with Crippen LogP contribution in [0.25, 0.3) is 0 Å². The van der Waals surface area contributed by atoms with E-state index in [-0.39, 0.29) is 5.41 Å². The van der Waals surface area contributed by atoms with Crippen molar-refractivity contribution < 1.29 is 0 Å². The second-order valence-corrected chi connectivity index (χ2v) is 7.00. The van der Waals surface area contributed by atoms with Crippen molar-refractivity contribution in [1.29, 1.82) is 0 Å². The van der Waals surface area contributed by atoms with Crippen LogP contribution in [-0.4, -0.2) is 17.0 Å². The van der Waals surface area contributed by atoms with Crippen LogP contribution in [-0.2, 0) is 5.41 Å². The minimum Gasteiger partial charge on any atom is -0.335 e. The van der Waals surface area contributed by atoms with Gasteiger partial charge in [0.25, 0.3) is 0 Å². The van der Waals surface area contributed by atoms with E-state index in [0.717, 1.165) is 11.7 Å². The van der Waals surface area contributed by atoms with E-state index in [1.807, 2.05) is 11.8 Å². The third kappa shape index (κ3) is 3.08. The van der Waals surface area contributed by atoms with Gasteiger partial charge in [0.2, 0.25) is 0 Å². The van der Waals surface area contributed by atoms with Crippen LogP contribution in [0.15, 0.2) is 29.3 Å². The van der Waals surface area contributed by atoms with Crippen LogP contribution in [0.3, 0.4) is 0 Å². The van der Waals surface area contributed by atoms with E-state index in [4.69, 9.17) is 0 Å². The first-order valence-electron chi connectivity index (χ1n) is 6.58. The Labute approximate surface area is 114 Å². The highest BCUT2D eigenvalue weighted by atomic mass is 32.2. The van der Waals surface area contributed by atoms with Crippen molar-refractivity contribution in [2.45, 2.75) is 44.8 Å². The van der Waals surface area contributed by atoms with Gasteiger partial charge in [0, 0.05) is 10.9 Å². The molecule has 1 aromatic rings. The number of hydrogen-bond acceptors (Lipinski definition) is 3. The van der Waals surface area contributed by atoms with Crippen molar-refractivity contribution in [3.63, 3.8) is 0 Å². The Morgan fingerprint density at radius 1 is 1.33 bits per heavy atom.